The number of rotatable bonds is 3. The number of nitrogens with one attached hydrogen (secondary N) is 1. The van der Waals surface area contributed by atoms with Crippen LogP contribution in [0.25, 0.3) is 0 Å². The zero-order valence-electron chi connectivity index (χ0n) is 13.8. The maximum atomic E-state index is 12.7. The smallest absolute Gasteiger partial charge is 0.223 e. The largest absolute Gasteiger partial charge is 0.339 e. The molecule has 2 aliphatic rings. The Kier molecular flexibility index (Phi) is 4.82. The normalized spacial score (nSPS) is 26.4. The second-order valence-electron chi connectivity index (χ2n) is 7.08. The molecule has 22 heavy (non-hydrogen) atoms. The molecular weight excluding hydrogens is 272 g/mol. The minimum absolute atomic E-state index is 0.371. The van der Waals surface area contributed by atoms with Crippen LogP contribution in [0, 0.1) is 12.8 Å². The Morgan fingerprint density at radius 2 is 2.00 bits per heavy atom. The Balaban J connectivity index is 1.63. The van der Waals surface area contributed by atoms with Gasteiger partial charge in [-0.1, -0.05) is 24.3 Å². The highest BCUT2D eigenvalue weighted by Crippen LogP contribution is 2.34. The van der Waals surface area contributed by atoms with E-state index >= 15 is 0 Å². The van der Waals surface area contributed by atoms with E-state index in [1.807, 2.05) is 0 Å². The number of aryl methyl sites for hydroxylation is 1. The first kappa shape index (κ1) is 15.5. The maximum absolute atomic E-state index is 12.7. The summed E-state index contributed by atoms with van der Waals surface area (Å²) < 4.78 is 0. The van der Waals surface area contributed by atoms with E-state index in [0.29, 0.717) is 23.8 Å². The minimum Gasteiger partial charge on any atom is -0.339 e. The molecule has 2 atom stereocenters. The molecule has 0 bridgehead atoms. The Labute approximate surface area is 134 Å². The molecule has 1 aromatic carbocycles. The van der Waals surface area contributed by atoms with Crippen LogP contribution in [0.5, 0.6) is 0 Å². The molecule has 2 fully saturated rings. The SMILES string of the molecule is Cc1ccccc1[C@H]1C[C@H](C)N(C(=O)CC2CCNCC2)C1. The van der Waals surface area contributed by atoms with Crippen LogP contribution in [0.15, 0.2) is 24.3 Å². The fourth-order valence-electron chi connectivity index (χ4n) is 4.10. The number of amides is 1. The van der Waals surface area contributed by atoms with Gasteiger partial charge in [-0.3, -0.25) is 4.79 Å². The first-order valence-corrected chi connectivity index (χ1v) is 8.71. The number of hydrogen-bond donors (Lipinski definition) is 1. The quantitative estimate of drug-likeness (QED) is 0.930. The van der Waals surface area contributed by atoms with Gasteiger partial charge in [-0.2, -0.15) is 0 Å². The third-order valence-electron chi connectivity index (χ3n) is 5.45. The van der Waals surface area contributed by atoms with Crippen molar-refractivity contribution in [1.82, 2.24) is 10.2 Å². The van der Waals surface area contributed by atoms with E-state index < -0.39 is 0 Å². The predicted molar refractivity (Wildman–Crippen MR) is 89.9 cm³/mol. The van der Waals surface area contributed by atoms with Crippen molar-refractivity contribution in [3.8, 4) is 0 Å². The van der Waals surface area contributed by atoms with Crippen molar-refractivity contribution in [2.24, 2.45) is 5.92 Å². The lowest BCUT2D eigenvalue weighted by atomic mass is 9.93. The molecular formula is C19H28N2O. The Bertz CT molecular complexity index is 522. The van der Waals surface area contributed by atoms with E-state index in [9.17, 15) is 4.79 Å². The van der Waals surface area contributed by atoms with Crippen molar-refractivity contribution in [2.45, 2.75) is 51.5 Å². The van der Waals surface area contributed by atoms with Gasteiger partial charge in [0.1, 0.15) is 0 Å². The molecule has 1 N–H and O–H groups in total. The topological polar surface area (TPSA) is 32.3 Å². The molecule has 0 spiro atoms. The molecule has 120 valence electrons. The molecule has 2 saturated heterocycles. The molecule has 1 amide bonds. The van der Waals surface area contributed by atoms with E-state index in [-0.39, 0.29) is 0 Å². The van der Waals surface area contributed by atoms with Crippen LogP contribution in [0.1, 0.15) is 49.7 Å². The fraction of sp³-hybridized carbons (Fsp3) is 0.632. The van der Waals surface area contributed by atoms with Crippen LogP contribution in [0.2, 0.25) is 0 Å². The summed E-state index contributed by atoms with van der Waals surface area (Å²) >= 11 is 0. The molecule has 0 aliphatic carbocycles. The first-order valence-electron chi connectivity index (χ1n) is 8.71. The van der Waals surface area contributed by atoms with E-state index in [4.69, 9.17) is 0 Å². The number of carbonyl (C=O) groups is 1. The first-order chi connectivity index (χ1) is 10.6. The zero-order chi connectivity index (χ0) is 15.5. The van der Waals surface area contributed by atoms with Gasteiger partial charge in [-0.05, 0) is 63.2 Å². The summed E-state index contributed by atoms with van der Waals surface area (Å²) in [7, 11) is 0. The number of hydrogen-bond acceptors (Lipinski definition) is 2. The Morgan fingerprint density at radius 3 is 2.73 bits per heavy atom. The monoisotopic (exact) mass is 300 g/mol. The molecule has 3 rings (SSSR count). The van der Waals surface area contributed by atoms with Crippen LogP contribution < -0.4 is 5.32 Å². The number of nitrogens with zero attached hydrogens (tertiary/aromatic N) is 1. The minimum atomic E-state index is 0.371. The van der Waals surface area contributed by atoms with E-state index in [1.165, 1.54) is 11.1 Å². The average Bonchev–Trinajstić information content (AvgIpc) is 2.90. The van der Waals surface area contributed by atoms with Crippen molar-refractivity contribution >= 4 is 5.91 Å². The van der Waals surface area contributed by atoms with Crippen molar-refractivity contribution in [3.05, 3.63) is 35.4 Å². The highest BCUT2D eigenvalue weighted by Gasteiger charge is 2.34. The summed E-state index contributed by atoms with van der Waals surface area (Å²) in [5.41, 5.74) is 2.78. The summed E-state index contributed by atoms with van der Waals surface area (Å²) in [6.07, 6.45) is 4.14. The highest BCUT2D eigenvalue weighted by molar-refractivity contribution is 5.77. The van der Waals surface area contributed by atoms with E-state index in [0.717, 1.165) is 45.3 Å². The summed E-state index contributed by atoms with van der Waals surface area (Å²) in [5, 5.41) is 3.38. The predicted octanol–water partition coefficient (Wildman–Crippen LogP) is 3.09. The third kappa shape index (κ3) is 3.35. The molecule has 2 aliphatic heterocycles. The van der Waals surface area contributed by atoms with Gasteiger partial charge in [0, 0.05) is 24.9 Å². The lowest BCUT2D eigenvalue weighted by Gasteiger charge is -2.27. The Morgan fingerprint density at radius 1 is 1.27 bits per heavy atom. The van der Waals surface area contributed by atoms with Crippen molar-refractivity contribution in [2.75, 3.05) is 19.6 Å². The Hall–Kier alpha value is -1.35. The van der Waals surface area contributed by atoms with Crippen molar-refractivity contribution < 1.29 is 4.79 Å². The molecule has 0 saturated carbocycles. The van der Waals surface area contributed by atoms with Crippen molar-refractivity contribution in [3.63, 3.8) is 0 Å². The van der Waals surface area contributed by atoms with Gasteiger partial charge in [0.2, 0.25) is 5.91 Å². The number of benzene rings is 1. The lowest BCUT2D eigenvalue weighted by molar-refractivity contribution is -0.132. The van der Waals surface area contributed by atoms with Crippen LogP contribution in [0.3, 0.4) is 0 Å². The molecule has 3 nitrogen and oxygen atoms in total. The third-order valence-corrected chi connectivity index (χ3v) is 5.45. The number of carbonyl (C=O) groups excluding carboxylic acids is 1. The molecule has 1 aromatic rings. The highest BCUT2D eigenvalue weighted by atomic mass is 16.2. The van der Waals surface area contributed by atoms with Gasteiger partial charge in [0.25, 0.3) is 0 Å². The average molecular weight is 300 g/mol. The molecule has 0 unspecified atom stereocenters. The number of piperidine rings is 1. The fourth-order valence-corrected chi connectivity index (χ4v) is 4.10. The van der Waals surface area contributed by atoms with E-state index in [2.05, 4.69) is 48.3 Å². The van der Waals surface area contributed by atoms with Gasteiger partial charge in [-0.15, -0.1) is 0 Å². The maximum Gasteiger partial charge on any atom is 0.223 e. The lowest BCUT2D eigenvalue weighted by Crippen LogP contribution is -2.37. The van der Waals surface area contributed by atoms with Gasteiger partial charge in [-0.25, -0.2) is 0 Å². The van der Waals surface area contributed by atoms with Crippen molar-refractivity contribution in [1.29, 1.82) is 0 Å². The van der Waals surface area contributed by atoms with Gasteiger partial charge in [0.05, 0.1) is 0 Å². The zero-order valence-corrected chi connectivity index (χ0v) is 13.8. The summed E-state index contributed by atoms with van der Waals surface area (Å²) in [6, 6.07) is 9.00. The second-order valence-corrected chi connectivity index (χ2v) is 7.08. The molecule has 3 heteroatoms. The van der Waals surface area contributed by atoms with E-state index in [1.54, 1.807) is 0 Å². The second kappa shape index (κ2) is 6.82. The van der Waals surface area contributed by atoms with Crippen LogP contribution in [0.4, 0.5) is 0 Å². The molecule has 0 radical (unpaired) electrons. The molecule has 2 heterocycles. The van der Waals surface area contributed by atoms with Gasteiger partial charge in [0.15, 0.2) is 0 Å². The summed E-state index contributed by atoms with van der Waals surface area (Å²) in [4.78, 5) is 14.8. The van der Waals surface area contributed by atoms with Crippen LogP contribution >= 0.6 is 0 Å². The van der Waals surface area contributed by atoms with Gasteiger partial charge >= 0.3 is 0 Å². The summed E-state index contributed by atoms with van der Waals surface area (Å²) in [6.45, 7) is 7.42. The summed E-state index contributed by atoms with van der Waals surface area (Å²) in [5.74, 6) is 1.46. The molecule has 0 aromatic heterocycles. The van der Waals surface area contributed by atoms with Crippen LogP contribution in [-0.4, -0.2) is 36.5 Å². The number of likely N-dealkylation sites (tertiary alicyclic amines) is 1. The van der Waals surface area contributed by atoms with Gasteiger partial charge < -0.3 is 10.2 Å². The standard InChI is InChI=1S/C19H28N2O/c1-14-5-3-4-6-18(14)17-11-15(2)21(13-17)19(22)12-16-7-9-20-10-8-16/h3-6,15-17,20H,7-13H2,1-2H3/t15-,17-/m0/s1. The van der Waals surface area contributed by atoms with Crippen LogP contribution in [-0.2, 0) is 4.79 Å².